The summed E-state index contributed by atoms with van der Waals surface area (Å²) in [5.41, 5.74) is 2.45. The average Bonchev–Trinajstić information content (AvgIpc) is 2.67. The standard InChI is InChI=1S/C19H21N3O3/c23-13-15-6-8-22(9-7-15)18-12-20-11-17(21-18)16-3-1-2-14(10-16)4-5-19(24)25/h1-5,10-12,15,23H,6-9,13H2,(H,24,25)/b5-4+. The van der Waals surface area contributed by atoms with E-state index in [0.717, 1.165) is 54.6 Å². The Balaban J connectivity index is 1.80. The van der Waals surface area contributed by atoms with Crippen molar-refractivity contribution in [3.8, 4) is 11.3 Å². The summed E-state index contributed by atoms with van der Waals surface area (Å²) >= 11 is 0. The molecule has 0 amide bonds. The van der Waals surface area contributed by atoms with Crippen molar-refractivity contribution in [2.75, 3.05) is 24.6 Å². The molecule has 0 spiro atoms. The number of anilines is 1. The molecule has 0 bridgehead atoms. The van der Waals surface area contributed by atoms with Crippen molar-refractivity contribution >= 4 is 17.9 Å². The maximum atomic E-state index is 10.7. The van der Waals surface area contributed by atoms with Crippen LogP contribution in [0.1, 0.15) is 18.4 Å². The van der Waals surface area contributed by atoms with Crippen LogP contribution in [0.3, 0.4) is 0 Å². The molecule has 3 rings (SSSR count). The summed E-state index contributed by atoms with van der Waals surface area (Å²) in [5.74, 6) is 0.240. The Kier molecular flexibility index (Phi) is 5.40. The fraction of sp³-hybridized carbons (Fsp3) is 0.316. The Labute approximate surface area is 146 Å². The predicted octanol–water partition coefficient (Wildman–Crippen LogP) is 2.45. The molecule has 2 aromatic rings. The minimum atomic E-state index is -0.974. The van der Waals surface area contributed by atoms with Crippen LogP contribution in [0.5, 0.6) is 0 Å². The number of carboxylic acids is 1. The molecule has 130 valence electrons. The molecule has 1 aromatic carbocycles. The number of rotatable bonds is 5. The van der Waals surface area contributed by atoms with Crippen LogP contribution in [0.2, 0.25) is 0 Å². The summed E-state index contributed by atoms with van der Waals surface area (Å²) in [6.07, 6.45) is 8.06. The third-order valence-electron chi connectivity index (χ3n) is 4.42. The van der Waals surface area contributed by atoms with Crippen LogP contribution in [0.15, 0.2) is 42.7 Å². The van der Waals surface area contributed by atoms with Crippen molar-refractivity contribution in [2.24, 2.45) is 5.92 Å². The van der Waals surface area contributed by atoms with E-state index in [4.69, 9.17) is 10.1 Å². The minimum Gasteiger partial charge on any atom is -0.478 e. The summed E-state index contributed by atoms with van der Waals surface area (Å²) in [6.45, 7) is 1.98. The number of benzene rings is 1. The molecule has 0 atom stereocenters. The van der Waals surface area contributed by atoms with E-state index < -0.39 is 5.97 Å². The lowest BCUT2D eigenvalue weighted by Crippen LogP contribution is -2.35. The smallest absolute Gasteiger partial charge is 0.328 e. The number of aliphatic hydroxyl groups is 1. The molecule has 0 unspecified atom stereocenters. The first-order valence-corrected chi connectivity index (χ1v) is 8.35. The van der Waals surface area contributed by atoms with Crippen LogP contribution in [0.25, 0.3) is 17.3 Å². The SMILES string of the molecule is O=C(O)/C=C/c1cccc(-c2cncc(N3CCC(CO)CC3)n2)c1. The van der Waals surface area contributed by atoms with Gasteiger partial charge in [0.2, 0.25) is 0 Å². The van der Waals surface area contributed by atoms with E-state index in [0.29, 0.717) is 5.92 Å². The first kappa shape index (κ1) is 17.1. The number of aliphatic hydroxyl groups excluding tert-OH is 1. The van der Waals surface area contributed by atoms with Crippen LogP contribution in [-0.2, 0) is 4.79 Å². The molecule has 0 aliphatic carbocycles. The number of piperidine rings is 1. The van der Waals surface area contributed by atoms with Crippen LogP contribution in [0, 0.1) is 5.92 Å². The molecule has 1 fully saturated rings. The summed E-state index contributed by atoms with van der Waals surface area (Å²) in [4.78, 5) is 21.9. The van der Waals surface area contributed by atoms with Gasteiger partial charge in [-0.2, -0.15) is 0 Å². The van der Waals surface area contributed by atoms with Crippen molar-refractivity contribution in [3.05, 3.63) is 48.3 Å². The monoisotopic (exact) mass is 339 g/mol. The Morgan fingerprint density at radius 2 is 2.08 bits per heavy atom. The maximum Gasteiger partial charge on any atom is 0.328 e. The number of nitrogens with zero attached hydrogens (tertiary/aromatic N) is 3. The molecule has 0 radical (unpaired) electrons. The lowest BCUT2D eigenvalue weighted by atomic mass is 9.98. The quantitative estimate of drug-likeness (QED) is 0.814. The summed E-state index contributed by atoms with van der Waals surface area (Å²) in [5, 5.41) is 18.0. The normalized spacial score (nSPS) is 15.6. The fourth-order valence-corrected chi connectivity index (χ4v) is 2.96. The van der Waals surface area contributed by atoms with E-state index in [1.54, 1.807) is 18.5 Å². The zero-order valence-corrected chi connectivity index (χ0v) is 13.9. The second kappa shape index (κ2) is 7.90. The van der Waals surface area contributed by atoms with Crippen LogP contribution in [-0.4, -0.2) is 45.8 Å². The molecule has 25 heavy (non-hydrogen) atoms. The second-order valence-electron chi connectivity index (χ2n) is 6.17. The van der Waals surface area contributed by atoms with Crippen LogP contribution < -0.4 is 4.90 Å². The molecular formula is C19H21N3O3. The third kappa shape index (κ3) is 4.42. The van der Waals surface area contributed by atoms with Gasteiger partial charge in [-0.1, -0.05) is 18.2 Å². The molecule has 1 saturated heterocycles. The van der Waals surface area contributed by atoms with Crippen molar-refractivity contribution in [2.45, 2.75) is 12.8 Å². The van der Waals surface area contributed by atoms with Gasteiger partial charge in [-0.15, -0.1) is 0 Å². The number of hydrogen-bond acceptors (Lipinski definition) is 5. The van der Waals surface area contributed by atoms with E-state index >= 15 is 0 Å². The number of hydrogen-bond donors (Lipinski definition) is 2. The topological polar surface area (TPSA) is 86.5 Å². The molecule has 2 heterocycles. The van der Waals surface area contributed by atoms with Crippen molar-refractivity contribution in [1.29, 1.82) is 0 Å². The number of carboxylic acid groups (broad SMARTS) is 1. The molecule has 6 heteroatoms. The third-order valence-corrected chi connectivity index (χ3v) is 4.42. The summed E-state index contributed by atoms with van der Waals surface area (Å²) < 4.78 is 0. The second-order valence-corrected chi connectivity index (χ2v) is 6.17. The lowest BCUT2D eigenvalue weighted by Gasteiger charge is -2.31. The zero-order valence-electron chi connectivity index (χ0n) is 13.9. The molecule has 0 saturated carbocycles. The van der Waals surface area contributed by atoms with Gasteiger partial charge in [0, 0.05) is 31.3 Å². The predicted molar refractivity (Wildman–Crippen MR) is 96.2 cm³/mol. The Morgan fingerprint density at radius 1 is 1.28 bits per heavy atom. The highest BCUT2D eigenvalue weighted by Gasteiger charge is 2.20. The van der Waals surface area contributed by atoms with Gasteiger partial charge in [-0.05, 0) is 36.5 Å². The van der Waals surface area contributed by atoms with E-state index in [1.807, 2.05) is 24.3 Å². The largest absolute Gasteiger partial charge is 0.478 e. The van der Waals surface area contributed by atoms with Crippen LogP contribution >= 0.6 is 0 Å². The highest BCUT2D eigenvalue weighted by atomic mass is 16.4. The highest BCUT2D eigenvalue weighted by molar-refractivity contribution is 5.85. The van der Waals surface area contributed by atoms with Crippen molar-refractivity contribution in [3.63, 3.8) is 0 Å². The number of aromatic nitrogens is 2. The average molecular weight is 339 g/mol. The molecule has 2 N–H and O–H groups in total. The van der Waals surface area contributed by atoms with Gasteiger partial charge in [0.05, 0.1) is 18.1 Å². The molecule has 1 aliphatic rings. The Hall–Kier alpha value is -2.73. The first-order chi connectivity index (χ1) is 12.2. The fourth-order valence-electron chi connectivity index (χ4n) is 2.96. The number of aliphatic carboxylic acids is 1. The Bertz CT molecular complexity index is 768. The first-order valence-electron chi connectivity index (χ1n) is 8.35. The van der Waals surface area contributed by atoms with E-state index in [9.17, 15) is 9.90 Å². The van der Waals surface area contributed by atoms with Gasteiger partial charge in [-0.25, -0.2) is 9.78 Å². The molecule has 1 aromatic heterocycles. The number of carbonyl (C=O) groups is 1. The minimum absolute atomic E-state index is 0.246. The van der Waals surface area contributed by atoms with Gasteiger partial charge in [0.25, 0.3) is 0 Å². The van der Waals surface area contributed by atoms with E-state index in [1.165, 1.54) is 0 Å². The zero-order chi connectivity index (χ0) is 17.6. The molecular weight excluding hydrogens is 318 g/mol. The lowest BCUT2D eigenvalue weighted by molar-refractivity contribution is -0.131. The van der Waals surface area contributed by atoms with E-state index in [-0.39, 0.29) is 6.61 Å². The molecule has 6 nitrogen and oxygen atoms in total. The summed E-state index contributed by atoms with van der Waals surface area (Å²) in [7, 11) is 0. The van der Waals surface area contributed by atoms with Gasteiger partial charge < -0.3 is 15.1 Å². The van der Waals surface area contributed by atoms with Gasteiger partial charge in [-0.3, -0.25) is 4.98 Å². The van der Waals surface area contributed by atoms with Gasteiger partial charge in [0.15, 0.2) is 0 Å². The van der Waals surface area contributed by atoms with Crippen molar-refractivity contribution in [1.82, 2.24) is 9.97 Å². The van der Waals surface area contributed by atoms with Gasteiger partial charge in [0.1, 0.15) is 5.82 Å². The van der Waals surface area contributed by atoms with Gasteiger partial charge >= 0.3 is 5.97 Å². The summed E-state index contributed by atoms with van der Waals surface area (Å²) in [6, 6.07) is 7.55. The van der Waals surface area contributed by atoms with E-state index in [2.05, 4.69) is 9.88 Å². The van der Waals surface area contributed by atoms with Crippen LogP contribution in [0.4, 0.5) is 5.82 Å². The maximum absolute atomic E-state index is 10.7. The van der Waals surface area contributed by atoms with Crippen molar-refractivity contribution < 1.29 is 15.0 Å². The highest BCUT2D eigenvalue weighted by Crippen LogP contribution is 2.24. The Morgan fingerprint density at radius 3 is 2.80 bits per heavy atom. The molecule has 1 aliphatic heterocycles.